The summed E-state index contributed by atoms with van der Waals surface area (Å²) in [5.74, 6) is -1.59. The van der Waals surface area contributed by atoms with Crippen LogP contribution < -0.4 is 10.6 Å². The molecule has 126 valence electrons. The predicted molar refractivity (Wildman–Crippen MR) is 86.1 cm³/mol. The number of anilines is 2. The van der Waals surface area contributed by atoms with Gasteiger partial charge in [0, 0.05) is 17.8 Å². The van der Waals surface area contributed by atoms with Crippen LogP contribution in [0.2, 0.25) is 0 Å². The molecule has 1 aromatic carbocycles. The zero-order chi connectivity index (χ0) is 17.1. The molecular formula is C17H18F2N4O. The largest absolute Gasteiger partial charge is 0.348 e. The summed E-state index contributed by atoms with van der Waals surface area (Å²) in [6.07, 6.45) is 4.18. The number of rotatable bonds is 4. The normalized spacial score (nSPS) is 14.6. The Kier molecular flexibility index (Phi) is 4.69. The van der Waals surface area contributed by atoms with Gasteiger partial charge in [-0.3, -0.25) is 4.79 Å². The van der Waals surface area contributed by atoms with Crippen molar-refractivity contribution in [1.82, 2.24) is 15.3 Å². The number of halogens is 2. The molecule has 3 rings (SSSR count). The monoisotopic (exact) mass is 332 g/mol. The minimum Gasteiger partial charge on any atom is -0.348 e. The number of benzene rings is 1. The molecule has 1 aromatic heterocycles. The van der Waals surface area contributed by atoms with Crippen molar-refractivity contribution in [2.24, 2.45) is 0 Å². The molecule has 7 heteroatoms. The number of carbonyl (C=O) groups is 1. The van der Waals surface area contributed by atoms with Crippen molar-refractivity contribution in [1.29, 1.82) is 0 Å². The summed E-state index contributed by atoms with van der Waals surface area (Å²) in [5, 5.41) is 5.64. The Morgan fingerprint density at radius 3 is 2.62 bits per heavy atom. The van der Waals surface area contributed by atoms with Gasteiger partial charge in [0.25, 0.3) is 5.91 Å². The van der Waals surface area contributed by atoms with E-state index < -0.39 is 11.6 Å². The van der Waals surface area contributed by atoms with Gasteiger partial charge in [0.15, 0.2) is 0 Å². The summed E-state index contributed by atoms with van der Waals surface area (Å²) in [7, 11) is 0. The highest BCUT2D eigenvalue weighted by molar-refractivity contribution is 5.92. The predicted octanol–water partition coefficient (Wildman–Crippen LogP) is 3.48. The smallest absolute Gasteiger partial charge is 0.270 e. The number of nitrogens with zero attached hydrogens (tertiary/aromatic N) is 2. The molecule has 1 aliphatic carbocycles. The van der Waals surface area contributed by atoms with Gasteiger partial charge >= 0.3 is 0 Å². The average molecular weight is 332 g/mol. The minimum atomic E-state index is -0.753. The Balaban J connectivity index is 1.79. The van der Waals surface area contributed by atoms with Gasteiger partial charge in [0.2, 0.25) is 5.95 Å². The highest BCUT2D eigenvalue weighted by Gasteiger charge is 2.19. The molecule has 5 nitrogen and oxygen atoms in total. The second-order valence-electron chi connectivity index (χ2n) is 5.92. The van der Waals surface area contributed by atoms with Gasteiger partial charge in [-0.25, -0.2) is 18.7 Å². The Bertz CT molecular complexity index is 760. The molecule has 0 saturated heterocycles. The number of aromatic nitrogens is 2. The number of aryl methyl sites for hydroxylation is 1. The van der Waals surface area contributed by atoms with Crippen LogP contribution in [0.4, 0.5) is 20.4 Å². The molecule has 1 aliphatic rings. The Labute approximate surface area is 138 Å². The van der Waals surface area contributed by atoms with Gasteiger partial charge in [0.1, 0.15) is 17.3 Å². The van der Waals surface area contributed by atoms with E-state index in [1.807, 2.05) is 0 Å². The molecule has 1 fully saturated rings. The van der Waals surface area contributed by atoms with E-state index in [0.29, 0.717) is 5.69 Å². The van der Waals surface area contributed by atoms with Crippen LogP contribution in [0.25, 0.3) is 0 Å². The maximum Gasteiger partial charge on any atom is 0.270 e. The number of hydrogen-bond acceptors (Lipinski definition) is 4. The van der Waals surface area contributed by atoms with Crippen molar-refractivity contribution in [2.45, 2.75) is 38.6 Å². The zero-order valence-electron chi connectivity index (χ0n) is 13.3. The van der Waals surface area contributed by atoms with E-state index in [1.165, 1.54) is 6.07 Å². The van der Waals surface area contributed by atoms with Gasteiger partial charge in [-0.15, -0.1) is 0 Å². The van der Waals surface area contributed by atoms with E-state index in [9.17, 15) is 13.6 Å². The van der Waals surface area contributed by atoms with Gasteiger partial charge in [-0.2, -0.15) is 0 Å². The van der Waals surface area contributed by atoms with E-state index in [0.717, 1.165) is 37.8 Å². The van der Waals surface area contributed by atoms with E-state index in [-0.39, 0.29) is 29.3 Å². The lowest BCUT2D eigenvalue weighted by Crippen LogP contribution is -2.33. The van der Waals surface area contributed by atoms with E-state index in [2.05, 4.69) is 20.6 Å². The summed E-state index contributed by atoms with van der Waals surface area (Å²) in [5.41, 5.74) is 0.843. The summed E-state index contributed by atoms with van der Waals surface area (Å²) in [6, 6.07) is 4.92. The van der Waals surface area contributed by atoms with Gasteiger partial charge in [-0.05, 0) is 38.0 Å². The maximum atomic E-state index is 13.7. The second-order valence-corrected chi connectivity index (χ2v) is 5.92. The SMILES string of the molecule is Cc1cc(C(=O)NC2CCCC2)nc(Nc2ccc(F)cc2F)n1. The standard InChI is InChI=1S/C17H18F2N4O/c1-10-8-15(16(24)21-12-4-2-3-5-12)23-17(20-10)22-14-7-6-11(18)9-13(14)19/h6-9,12H,2-5H2,1H3,(H,21,24)(H,20,22,23). The molecule has 1 heterocycles. The summed E-state index contributed by atoms with van der Waals surface area (Å²) >= 11 is 0. The molecule has 2 aromatic rings. The first-order valence-corrected chi connectivity index (χ1v) is 7.90. The van der Waals surface area contributed by atoms with Crippen molar-refractivity contribution in [2.75, 3.05) is 5.32 Å². The van der Waals surface area contributed by atoms with Crippen LogP contribution in [0.15, 0.2) is 24.3 Å². The van der Waals surface area contributed by atoms with Gasteiger partial charge < -0.3 is 10.6 Å². The first kappa shape index (κ1) is 16.3. The number of nitrogens with one attached hydrogen (secondary N) is 2. The lowest BCUT2D eigenvalue weighted by Gasteiger charge is -2.13. The zero-order valence-corrected chi connectivity index (χ0v) is 13.3. The number of amides is 1. The van der Waals surface area contributed by atoms with Crippen LogP contribution in [-0.2, 0) is 0 Å². The molecule has 1 amide bonds. The third-order valence-corrected chi connectivity index (χ3v) is 3.95. The lowest BCUT2D eigenvalue weighted by molar-refractivity contribution is 0.0932. The average Bonchev–Trinajstić information content (AvgIpc) is 3.02. The summed E-state index contributed by atoms with van der Waals surface area (Å²) in [6.45, 7) is 1.72. The fourth-order valence-corrected chi connectivity index (χ4v) is 2.78. The van der Waals surface area contributed by atoms with Crippen molar-refractivity contribution < 1.29 is 13.6 Å². The Hall–Kier alpha value is -2.57. The molecule has 0 aliphatic heterocycles. The lowest BCUT2D eigenvalue weighted by atomic mass is 10.2. The van der Waals surface area contributed by atoms with Crippen molar-refractivity contribution >= 4 is 17.5 Å². The molecule has 0 unspecified atom stereocenters. The fourth-order valence-electron chi connectivity index (χ4n) is 2.78. The van der Waals surface area contributed by atoms with Crippen LogP contribution in [-0.4, -0.2) is 21.9 Å². The third-order valence-electron chi connectivity index (χ3n) is 3.95. The van der Waals surface area contributed by atoms with E-state index in [4.69, 9.17) is 0 Å². The first-order valence-electron chi connectivity index (χ1n) is 7.90. The van der Waals surface area contributed by atoms with Gasteiger partial charge in [-0.1, -0.05) is 12.8 Å². The Morgan fingerprint density at radius 2 is 1.92 bits per heavy atom. The first-order chi connectivity index (χ1) is 11.5. The molecule has 0 spiro atoms. The molecule has 1 saturated carbocycles. The van der Waals surface area contributed by atoms with E-state index >= 15 is 0 Å². The number of carbonyl (C=O) groups excluding carboxylic acids is 1. The van der Waals surface area contributed by atoms with Crippen LogP contribution >= 0.6 is 0 Å². The topological polar surface area (TPSA) is 66.9 Å². The third kappa shape index (κ3) is 3.84. The molecule has 0 radical (unpaired) electrons. The molecule has 0 bridgehead atoms. The summed E-state index contributed by atoms with van der Waals surface area (Å²) in [4.78, 5) is 20.6. The highest BCUT2D eigenvalue weighted by Crippen LogP contribution is 2.20. The van der Waals surface area contributed by atoms with Gasteiger partial charge in [0.05, 0.1) is 5.69 Å². The molecule has 2 N–H and O–H groups in total. The van der Waals surface area contributed by atoms with Crippen LogP contribution in [0.5, 0.6) is 0 Å². The molecule has 0 atom stereocenters. The highest BCUT2D eigenvalue weighted by atomic mass is 19.1. The molecule has 24 heavy (non-hydrogen) atoms. The van der Waals surface area contributed by atoms with Crippen molar-refractivity contribution in [3.05, 3.63) is 47.3 Å². The molecular weight excluding hydrogens is 314 g/mol. The summed E-state index contributed by atoms with van der Waals surface area (Å²) < 4.78 is 26.7. The van der Waals surface area contributed by atoms with Crippen molar-refractivity contribution in [3.8, 4) is 0 Å². The number of hydrogen-bond donors (Lipinski definition) is 2. The van der Waals surface area contributed by atoms with Crippen LogP contribution in [0, 0.1) is 18.6 Å². The Morgan fingerprint density at radius 1 is 1.17 bits per heavy atom. The fraction of sp³-hybridized carbons (Fsp3) is 0.353. The minimum absolute atomic E-state index is 0.0455. The van der Waals surface area contributed by atoms with E-state index in [1.54, 1.807) is 13.0 Å². The van der Waals surface area contributed by atoms with Crippen molar-refractivity contribution in [3.63, 3.8) is 0 Å². The maximum absolute atomic E-state index is 13.7. The van der Waals surface area contributed by atoms with Crippen LogP contribution in [0.3, 0.4) is 0 Å². The second kappa shape index (κ2) is 6.90. The van der Waals surface area contributed by atoms with Crippen LogP contribution in [0.1, 0.15) is 41.9 Å². The quantitative estimate of drug-likeness (QED) is 0.899.